The summed E-state index contributed by atoms with van der Waals surface area (Å²) < 4.78 is 44.6. The first kappa shape index (κ1) is 21.9. The Balaban J connectivity index is 2.28. The van der Waals surface area contributed by atoms with Gasteiger partial charge in [-0.25, -0.2) is 8.42 Å². The Bertz CT molecular complexity index is 976. The number of benzene rings is 2. The number of anilines is 1. The van der Waals surface area contributed by atoms with E-state index in [1.165, 1.54) is 30.2 Å². The number of ether oxygens (including phenoxy) is 1. The molecule has 0 saturated heterocycles. The van der Waals surface area contributed by atoms with E-state index in [9.17, 15) is 17.4 Å². The first-order chi connectivity index (χ1) is 13.2. The van der Waals surface area contributed by atoms with Gasteiger partial charge in [-0.2, -0.15) is 0 Å². The highest BCUT2D eigenvalue weighted by atomic mass is 32.2. The van der Waals surface area contributed by atoms with Gasteiger partial charge in [-0.05, 0) is 37.3 Å². The van der Waals surface area contributed by atoms with Gasteiger partial charge in [0.15, 0.2) is 0 Å². The predicted octanol–water partition coefficient (Wildman–Crippen LogP) is 2.33. The van der Waals surface area contributed by atoms with Gasteiger partial charge in [0, 0.05) is 41.5 Å². The van der Waals surface area contributed by atoms with Crippen molar-refractivity contribution in [2.75, 3.05) is 30.9 Å². The van der Waals surface area contributed by atoms with Gasteiger partial charge in [-0.15, -0.1) is 0 Å². The van der Waals surface area contributed by atoms with Crippen LogP contribution in [-0.4, -0.2) is 55.6 Å². The van der Waals surface area contributed by atoms with E-state index in [4.69, 9.17) is 4.74 Å². The van der Waals surface area contributed by atoms with Crippen molar-refractivity contribution in [3.8, 4) is 5.75 Å². The van der Waals surface area contributed by atoms with Gasteiger partial charge in [-0.1, -0.05) is 18.2 Å². The molecule has 0 aliphatic heterocycles. The maximum atomic E-state index is 12.8. The molecule has 0 heterocycles. The third-order valence-corrected chi connectivity index (χ3v) is 6.51. The number of nitrogens with one attached hydrogen (secondary N) is 1. The monoisotopic (exact) mass is 424 g/mol. The van der Waals surface area contributed by atoms with Crippen molar-refractivity contribution in [2.24, 2.45) is 0 Å². The van der Waals surface area contributed by atoms with E-state index in [1.807, 2.05) is 0 Å². The fourth-order valence-electron chi connectivity index (χ4n) is 2.58. The van der Waals surface area contributed by atoms with Crippen LogP contribution in [0.4, 0.5) is 5.69 Å². The zero-order valence-corrected chi connectivity index (χ0v) is 17.8. The molecular weight excluding hydrogens is 400 g/mol. The van der Waals surface area contributed by atoms with Crippen molar-refractivity contribution in [3.05, 3.63) is 54.1 Å². The van der Waals surface area contributed by atoms with E-state index in [0.717, 1.165) is 0 Å². The lowest BCUT2D eigenvalue weighted by Crippen LogP contribution is -2.38. The van der Waals surface area contributed by atoms with E-state index >= 15 is 0 Å². The standard InChI is InChI=1S/C19H24N2O5S2/c1-14(13-27(4)23)21(2)19(22)15-8-7-9-16(12-15)28(24,25)20-17-10-5-6-11-18(17)26-3/h5-12,14,20H,13H2,1-4H3/t14-,27-/m1/s1. The molecule has 0 bridgehead atoms. The zero-order valence-electron chi connectivity index (χ0n) is 16.2. The van der Waals surface area contributed by atoms with Crippen LogP contribution in [0.1, 0.15) is 17.3 Å². The Labute approximate surface area is 168 Å². The van der Waals surface area contributed by atoms with Crippen LogP contribution in [0.3, 0.4) is 0 Å². The molecule has 0 unspecified atom stereocenters. The van der Waals surface area contributed by atoms with Gasteiger partial charge in [-0.3, -0.25) is 13.7 Å². The normalized spacial score (nSPS) is 13.4. The molecule has 152 valence electrons. The Morgan fingerprint density at radius 3 is 2.54 bits per heavy atom. The number of nitrogens with zero attached hydrogens (tertiary/aromatic N) is 1. The molecule has 2 aromatic rings. The van der Waals surface area contributed by atoms with Crippen molar-refractivity contribution in [1.29, 1.82) is 0 Å². The number of carbonyl (C=O) groups excluding carboxylic acids is 1. The van der Waals surface area contributed by atoms with E-state index in [0.29, 0.717) is 17.2 Å². The lowest BCUT2D eigenvalue weighted by Gasteiger charge is -2.24. The summed E-state index contributed by atoms with van der Waals surface area (Å²) in [6.07, 6.45) is 1.57. The van der Waals surface area contributed by atoms with Crippen LogP contribution in [-0.2, 0) is 20.8 Å². The first-order valence-electron chi connectivity index (χ1n) is 8.49. The van der Waals surface area contributed by atoms with Crippen LogP contribution in [0.15, 0.2) is 53.4 Å². The average Bonchev–Trinajstić information content (AvgIpc) is 2.66. The molecule has 0 saturated carbocycles. The number of hydrogen-bond acceptors (Lipinski definition) is 5. The molecule has 0 spiro atoms. The SMILES string of the molecule is COc1ccccc1NS(=O)(=O)c1cccc(C(=O)N(C)[C@H](C)C[S@@](C)=O)c1. The predicted molar refractivity (Wildman–Crippen MR) is 111 cm³/mol. The highest BCUT2D eigenvalue weighted by Gasteiger charge is 2.22. The highest BCUT2D eigenvalue weighted by molar-refractivity contribution is 7.92. The van der Waals surface area contributed by atoms with Gasteiger partial charge < -0.3 is 9.64 Å². The molecule has 2 aromatic carbocycles. The number of hydrogen-bond donors (Lipinski definition) is 1. The Morgan fingerprint density at radius 2 is 1.89 bits per heavy atom. The summed E-state index contributed by atoms with van der Waals surface area (Å²) >= 11 is 0. The van der Waals surface area contributed by atoms with Gasteiger partial charge in [0.25, 0.3) is 15.9 Å². The van der Waals surface area contributed by atoms with E-state index in [2.05, 4.69) is 4.72 Å². The van der Waals surface area contributed by atoms with Crippen LogP contribution in [0.25, 0.3) is 0 Å². The number of sulfonamides is 1. The molecule has 2 rings (SSSR count). The topological polar surface area (TPSA) is 92.8 Å². The molecule has 0 aliphatic carbocycles. The van der Waals surface area contributed by atoms with E-state index in [-0.39, 0.29) is 22.4 Å². The molecule has 28 heavy (non-hydrogen) atoms. The molecule has 0 fully saturated rings. The fraction of sp³-hybridized carbons (Fsp3) is 0.316. The number of amides is 1. The van der Waals surface area contributed by atoms with E-state index in [1.54, 1.807) is 50.6 Å². The van der Waals surface area contributed by atoms with Crippen LogP contribution in [0, 0.1) is 0 Å². The van der Waals surface area contributed by atoms with Crippen molar-refractivity contribution in [2.45, 2.75) is 17.9 Å². The maximum absolute atomic E-state index is 12.8. The quantitative estimate of drug-likeness (QED) is 0.702. The molecule has 0 aromatic heterocycles. The number of carbonyl (C=O) groups is 1. The van der Waals surface area contributed by atoms with Crippen LogP contribution in [0.2, 0.25) is 0 Å². The molecule has 9 heteroatoms. The average molecular weight is 425 g/mol. The zero-order chi connectivity index (χ0) is 20.9. The second-order valence-electron chi connectivity index (χ2n) is 6.34. The fourth-order valence-corrected chi connectivity index (χ4v) is 4.60. The molecule has 1 amide bonds. The molecular formula is C19H24N2O5S2. The number of rotatable bonds is 8. The summed E-state index contributed by atoms with van der Waals surface area (Å²) in [4.78, 5) is 14.1. The minimum absolute atomic E-state index is 0.0376. The molecule has 2 atom stereocenters. The number of methoxy groups -OCH3 is 1. The highest BCUT2D eigenvalue weighted by Crippen LogP contribution is 2.26. The summed E-state index contributed by atoms with van der Waals surface area (Å²) in [6, 6.07) is 12.2. The molecule has 0 aliphatic rings. The van der Waals surface area contributed by atoms with Crippen LogP contribution in [0.5, 0.6) is 5.75 Å². The second-order valence-corrected chi connectivity index (χ2v) is 9.50. The van der Waals surface area contributed by atoms with Crippen molar-refractivity contribution >= 4 is 32.4 Å². The maximum Gasteiger partial charge on any atom is 0.262 e. The molecule has 0 radical (unpaired) electrons. The minimum atomic E-state index is -3.92. The largest absolute Gasteiger partial charge is 0.495 e. The summed E-state index contributed by atoms with van der Waals surface area (Å²) in [5.74, 6) is 0.391. The Hall–Kier alpha value is -2.39. The van der Waals surface area contributed by atoms with Crippen molar-refractivity contribution < 1.29 is 22.2 Å². The second kappa shape index (κ2) is 9.20. The smallest absolute Gasteiger partial charge is 0.262 e. The van der Waals surface area contributed by atoms with Gasteiger partial charge >= 0.3 is 0 Å². The van der Waals surface area contributed by atoms with Gasteiger partial charge in [0.1, 0.15) is 5.75 Å². The summed E-state index contributed by atoms with van der Waals surface area (Å²) in [5.41, 5.74) is 0.539. The van der Waals surface area contributed by atoms with E-state index < -0.39 is 20.8 Å². The lowest BCUT2D eigenvalue weighted by molar-refractivity contribution is 0.0757. The minimum Gasteiger partial charge on any atom is -0.495 e. The van der Waals surface area contributed by atoms with Crippen LogP contribution >= 0.6 is 0 Å². The summed E-state index contributed by atoms with van der Waals surface area (Å²) in [7, 11) is -1.91. The van der Waals surface area contributed by atoms with Crippen LogP contribution < -0.4 is 9.46 Å². The van der Waals surface area contributed by atoms with Gasteiger partial charge in [0.2, 0.25) is 0 Å². The molecule has 7 nitrogen and oxygen atoms in total. The summed E-state index contributed by atoms with van der Waals surface area (Å²) in [5, 5.41) is 0. The third-order valence-electron chi connectivity index (χ3n) is 4.20. The van der Waals surface area contributed by atoms with Crippen molar-refractivity contribution in [3.63, 3.8) is 0 Å². The van der Waals surface area contributed by atoms with Crippen molar-refractivity contribution in [1.82, 2.24) is 4.90 Å². The molecule has 1 N–H and O–H groups in total. The summed E-state index contributed by atoms with van der Waals surface area (Å²) in [6.45, 7) is 1.79. The number of para-hydroxylation sites is 2. The van der Waals surface area contributed by atoms with Gasteiger partial charge in [0.05, 0.1) is 17.7 Å². The first-order valence-corrected chi connectivity index (χ1v) is 11.7. The Kier molecular flexibility index (Phi) is 7.20. The third kappa shape index (κ3) is 5.32. The lowest BCUT2D eigenvalue weighted by atomic mass is 10.2. The Morgan fingerprint density at radius 1 is 1.21 bits per heavy atom.